The number of nitrogens with zero attached hydrogens (tertiary/aromatic N) is 2. The number of hydrogen-bond donors (Lipinski definition) is 2. The van der Waals surface area contributed by atoms with Gasteiger partial charge in [0.05, 0.1) is 13.2 Å². The number of aliphatic hydroxyl groups is 1. The van der Waals surface area contributed by atoms with E-state index in [2.05, 4.69) is 41.4 Å². The first-order chi connectivity index (χ1) is 12.2. The third kappa shape index (κ3) is 4.94. The van der Waals surface area contributed by atoms with Gasteiger partial charge in [0.2, 0.25) is 0 Å². The summed E-state index contributed by atoms with van der Waals surface area (Å²) in [7, 11) is 0. The van der Waals surface area contributed by atoms with Gasteiger partial charge in [0.15, 0.2) is 5.96 Å². The Bertz CT molecular complexity index is 766. The third-order valence-corrected chi connectivity index (χ3v) is 4.46. The second-order valence-corrected chi connectivity index (χ2v) is 6.19. The van der Waals surface area contributed by atoms with Crippen LogP contribution >= 0.6 is 24.0 Å². The van der Waals surface area contributed by atoms with Crippen molar-refractivity contribution in [1.29, 1.82) is 0 Å². The number of halogens is 2. The maximum absolute atomic E-state index is 13.5. The van der Waals surface area contributed by atoms with Gasteiger partial charge in [-0.3, -0.25) is 0 Å². The zero-order valence-electron chi connectivity index (χ0n) is 14.9. The molecule has 0 saturated carbocycles. The van der Waals surface area contributed by atoms with Gasteiger partial charge in [-0.25, -0.2) is 9.38 Å². The molecule has 4 nitrogen and oxygen atoms in total. The molecule has 2 N–H and O–H groups in total. The van der Waals surface area contributed by atoms with Gasteiger partial charge < -0.3 is 15.3 Å². The molecule has 2 aromatic carbocycles. The Hall–Kier alpha value is -1.67. The van der Waals surface area contributed by atoms with E-state index in [9.17, 15) is 9.50 Å². The summed E-state index contributed by atoms with van der Waals surface area (Å²) >= 11 is 0. The maximum Gasteiger partial charge on any atom is 0.194 e. The van der Waals surface area contributed by atoms with Gasteiger partial charge in [-0.05, 0) is 42.2 Å². The molecule has 3 rings (SSSR count). The molecule has 26 heavy (non-hydrogen) atoms. The Morgan fingerprint density at radius 1 is 1.23 bits per heavy atom. The number of aliphatic hydroxyl groups excluding tert-OH is 1. The Morgan fingerprint density at radius 2 is 2.00 bits per heavy atom. The van der Waals surface area contributed by atoms with Crippen molar-refractivity contribution >= 4 is 29.9 Å². The van der Waals surface area contributed by atoms with E-state index in [-0.39, 0.29) is 36.4 Å². The second-order valence-electron chi connectivity index (χ2n) is 6.19. The molecule has 0 amide bonds. The first kappa shape index (κ1) is 20.6. The summed E-state index contributed by atoms with van der Waals surface area (Å²) in [6.45, 7) is 4.76. The third-order valence-electron chi connectivity index (χ3n) is 4.46. The van der Waals surface area contributed by atoms with Crippen LogP contribution in [-0.2, 0) is 26.1 Å². The van der Waals surface area contributed by atoms with E-state index >= 15 is 0 Å². The fourth-order valence-electron chi connectivity index (χ4n) is 3.12. The van der Waals surface area contributed by atoms with Gasteiger partial charge in [-0.15, -0.1) is 24.0 Å². The number of aliphatic imine (C=N–C) groups is 1. The van der Waals surface area contributed by atoms with E-state index < -0.39 is 0 Å². The van der Waals surface area contributed by atoms with Crippen LogP contribution in [0.4, 0.5) is 4.39 Å². The molecule has 1 aliphatic heterocycles. The summed E-state index contributed by atoms with van der Waals surface area (Å²) in [5.74, 6) is 0.488. The van der Waals surface area contributed by atoms with Crippen LogP contribution in [-0.4, -0.2) is 29.1 Å². The molecule has 140 valence electrons. The average molecular weight is 469 g/mol. The molecule has 0 unspecified atom stereocenters. The standard InChI is InChI=1S/C20H24FN3O.HI/c1-2-22-20(23-12-15-7-8-19(21)18(11-15)14-25)24-10-9-16-5-3-4-6-17(16)13-24;/h3-8,11,25H,2,9-10,12-14H2,1H3,(H,22,23);1H. The highest BCUT2D eigenvalue weighted by Crippen LogP contribution is 2.19. The van der Waals surface area contributed by atoms with Gasteiger partial charge in [0.1, 0.15) is 5.82 Å². The van der Waals surface area contributed by atoms with E-state index in [1.165, 1.54) is 17.2 Å². The van der Waals surface area contributed by atoms with E-state index in [1.54, 1.807) is 12.1 Å². The Morgan fingerprint density at radius 3 is 2.73 bits per heavy atom. The molecule has 1 heterocycles. The lowest BCUT2D eigenvalue weighted by molar-refractivity contribution is 0.275. The molecule has 0 spiro atoms. The first-order valence-electron chi connectivity index (χ1n) is 8.69. The molecule has 0 radical (unpaired) electrons. The van der Waals surface area contributed by atoms with Crippen molar-refractivity contribution in [2.24, 2.45) is 4.99 Å². The second kappa shape index (κ2) is 9.87. The Balaban J connectivity index is 0.00000243. The summed E-state index contributed by atoms with van der Waals surface area (Å²) < 4.78 is 13.5. The largest absolute Gasteiger partial charge is 0.392 e. The summed E-state index contributed by atoms with van der Waals surface area (Å²) in [4.78, 5) is 6.97. The monoisotopic (exact) mass is 469 g/mol. The molecular weight excluding hydrogens is 444 g/mol. The van der Waals surface area contributed by atoms with Crippen molar-refractivity contribution < 1.29 is 9.50 Å². The van der Waals surface area contributed by atoms with Gasteiger partial charge in [-0.1, -0.05) is 30.3 Å². The van der Waals surface area contributed by atoms with E-state index in [4.69, 9.17) is 4.99 Å². The van der Waals surface area contributed by atoms with Crippen LogP contribution < -0.4 is 5.32 Å². The van der Waals surface area contributed by atoms with Crippen LogP contribution in [0.25, 0.3) is 0 Å². The Labute approximate surface area is 171 Å². The van der Waals surface area contributed by atoms with E-state index in [0.717, 1.165) is 37.6 Å². The van der Waals surface area contributed by atoms with Crippen molar-refractivity contribution in [3.8, 4) is 0 Å². The van der Waals surface area contributed by atoms with Crippen LogP contribution in [0.15, 0.2) is 47.5 Å². The zero-order chi connectivity index (χ0) is 17.6. The normalized spacial score (nSPS) is 13.8. The van der Waals surface area contributed by atoms with Gasteiger partial charge in [0, 0.05) is 25.2 Å². The fraction of sp³-hybridized carbons (Fsp3) is 0.350. The van der Waals surface area contributed by atoms with Crippen molar-refractivity contribution in [1.82, 2.24) is 10.2 Å². The Kier molecular flexibility index (Phi) is 7.84. The van der Waals surface area contributed by atoms with Gasteiger partial charge in [0.25, 0.3) is 0 Å². The van der Waals surface area contributed by atoms with E-state index in [0.29, 0.717) is 12.1 Å². The van der Waals surface area contributed by atoms with E-state index in [1.807, 2.05) is 0 Å². The maximum atomic E-state index is 13.5. The highest BCUT2D eigenvalue weighted by molar-refractivity contribution is 14.0. The number of nitrogens with one attached hydrogen (secondary N) is 1. The predicted octanol–water partition coefficient (Wildman–Crippen LogP) is 3.46. The average Bonchev–Trinajstić information content (AvgIpc) is 2.65. The van der Waals surface area contributed by atoms with Crippen molar-refractivity contribution in [2.75, 3.05) is 13.1 Å². The molecule has 1 aliphatic rings. The summed E-state index contributed by atoms with van der Waals surface area (Å²) in [6, 6.07) is 13.3. The molecule has 0 aromatic heterocycles. The van der Waals surface area contributed by atoms with Crippen LogP contribution in [0.3, 0.4) is 0 Å². The lowest BCUT2D eigenvalue weighted by Crippen LogP contribution is -2.44. The highest BCUT2D eigenvalue weighted by atomic mass is 127. The smallest absolute Gasteiger partial charge is 0.194 e. The molecule has 0 bridgehead atoms. The number of fused-ring (bicyclic) bond motifs is 1. The zero-order valence-corrected chi connectivity index (χ0v) is 17.2. The molecular formula is C20H25FIN3O. The van der Waals surface area contributed by atoms with Gasteiger partial charge in [-0.2, -0.15) is 0 Å². The lowest BCUT2D eigenvalue weighted by Gasteiger charge is -2.31. The summed E-state index contributed by atoms with van der Waals surface area (Å²) in [5.41, 5.74) is 3.94. The number of benzene rings is 2. The minimum atomic E-state index is -0.380. The molecule has 0 fully saturated rings. The summed E-state index contributed by atoms with van der Waals surface area (Å²) in [5, 5.41) is 12.6. The predicted molar refractivity (Wildman–Crippen MR) is 113 cm³/mol. The molecule has 0 atom stereocenters. The number of hydrogen-bond acceptors (Lipinski definition) is 2. The SMILES string of the molecule is CCNC(=NCc1ccc(F)c(CO)c1)N1CCc2ccccc2C1.I. The molecule has 0 saturated heterocycles. The van der Waals surface area contributed by atoms with Crippen LogP contribution in [0.5, 0.6) is 0 Å². The number of guanidine groups is 1. The van der Waals surface area contributed by atoms with Crippen molar-refractivity contribution in [2.45, 2.75) is 33.0 Å². The minimum Gasteiger partial charge on any atom is -0.392 e. The van der Waals surface area contributed by atoms with Crippen molar-refractivity contribution in [3.63, 3.8) is 0 Å². The minimum absolute atomic E-state index is 0. The van der Waals surface area contributed by atoms with Crippen molar-refractivity contribution in [3.05, 3.63) is 70.5 Å². The van der Waals surface area contributed by atoms with Gasteiger partial charge >= 0.3 is 0 Å². The van der Waals surface area contributed by atoms with Crippen LogP contribution in [0, 0.1) is 5.82 Å². The lowest BCUT2D eigenvalue weighted by atomic mass is 10.0. The fourth-order valence-corrected chi connectivity index (χ4v) is 3.12. The molecule has 6 heteroatoms. The number of rotatable bonds is 4. The summed E-state index contributed by atoms with van der Waals surface area (Å²) in [6.07, 6.45) is 1.01. The first-order valence-corrected chi connectivity index (χ1v) is 8.69. The van der Waals surface area contributed by atoms with Crippen LogP contribution in [0.1, 0.15) is 29.2 Å². The topological polar surface area (TPSA) is 47.9 Å². The quantitative estimate of drug-likeness (QED) is 0.410. The highest BCUT2D eigenvalue weighted by Gasteiger charge is 2.18. The van der Waals surface area contributed by atoms with Crippen LogP contribution in [0.2, 0.25) is 0 Å². The molecule has 0 aliphatic carbocycles. The molecule has 2 aromatic rings.